The quantitative estimate of drug-likeness (QED) is 0.885. The van der Waals surface area contributed by atoms with E-state index in [1.54, 1.807) is 10.4 Å². The van der Waals surface area contributed by atoms with Gasteiger partial charge in [0.25, 0.3) is 0 Å². The molecule has 19 heavy (non-hydrogen) atoms. The number of thioether (sulfide) groups is 1. The van der Waals surface area contributed by atoms with Crippen molar-refractivity contribution in [2.45, 2.75) is 32.1 Å². The van der Waals surface area contributed by atoms with Crippen LogP contribution in [0.4, 0.5) is 0 Å². The van der Waals surface area contributed by atoms with Crippen molar-refractivity contribution < 1.29 is 0 Å². The monoisotopic (exact) mass is 309 g/mol. The Kier molecular flexibility index (Phi) is 4.32. The molecule has 2 aromatic heterocycles. The van der Waals surface area contributed by atoms with E-state index in [1.165, 1.54) is 33.2 Å². The Morgan fingerprint density at radius 1 is 1.37 bits per heavy atom. The summed E-state index contributed by atoms with van der Waals surface area (Å²) in [5.41, 5.74) is 3.00. The second-order valence-electron chi connectivity index (χ2n) is 4.88. The van der Waals surface area contributed by atoms with Crippen molar-refractivity contribution in [1.82, 2.24) is 5.32 Å². The summed E-state index contributed by atoms with van der Waals surface area (Å²) in [5.74, 6) is 2.49. The number of rotatable bonds is 4. The van der Waals surface area contributed by atoms with Gasteiger partial charge in [-0.15, -0.1) is 22.7 Å². The Hall–Kier alpha value is -0.290. The highest BCUT2D eigenvalue weighted by molar-refractivity contribution is 7.98. The molecule has 3 heterocycles. The molecule has 1 nitrogen and oxygen atoms in total. The molecule has 1 aliphatic rings. The maximum atomic E-state index is 3.65. The summed E-state index contributed by atoms with van der Waals surface area (Å²) < 4.78 is 0. The Labute approximate surface area is 127 Å². The first-order valence-corrected chi connectivity index (χ1v) is 9.60. The Morgan fingerprint density at radius 2 is 2.26 bits per heavy atom. The normalized spacial score (nSPS) is 16.3. The third-order valence-electron chi connectivity index (χ3n) is 3.42. The fraction of sp³-hybridized carbons (Fsp3) is 0.467. The maximum Gasteiger partial charge on any atom is 0.0679 e. The van der Waals surface area contributed by atoms with Gasteiger partial charge < -0.3 is 5.32 Å². The topological polar surface area (TPSA) is 12.0 Å². The summed E-state index contributed by atoms with van der Waals surface area (Å²) in [6, 6.07) is 5.15. The third-order valence-corrected chi connectivity index (χ3v) is 6.61. The second kappa shape index (κ2) is 6.00. The van der Waals surface area contributed by atoms with Gasteiger partial charge in [0.05, 0.1) is 6.04 Å². The largest absolute Gasteiger partial charge is 0.306 e. The van der Waals surface area contributed by atoms with Crippen LogP contribution in [0.5, 0.6) is 0 Å². The summed E-state index contributed by atoms with van der Waals surface area (Å²) in [4.78, 5) is 4.51. The molecule has 0 aromatic carbocycles. The van der Waals surface area contributed by atoms with Gasteiger partial charge in [-0.1, -0.05) is 6.92 Å². The highest BCUT2D eigenvalue weighted by atomic mass is 32.2. The molecule has 0 saturated carbocycles. The van der Waals surface area contributed by atoms with Gasteiger partial charge in [0.2, 0.25) is 0 Å². The van der Waals surface area contributed by atoms with Crippen LogP contribution in [0.15, 0.2) is 17.5 Å². The maximum absolute atomic E-state index is 3.65. The first kappa shape index (κ1) is 13.7. The SMILES string of the molecule is CCNC(c1csc(C)c1)c1cc2c(s1)CCSC2. The average Bonchev–Trinajstić information content (AvgIpc) is 3.01. The predicted molar refractivity (Wildman–Crippen MR) is 88.8 cm³/mol. The Bertz CT molecular complexity index is 532. The summed E-state index contributed by atoms with van der Waals surface area (Å²) in [6.07, 6.45) is 1.26. The summed E-state index contributed by atoms with van der Waals surface area (Å²) >= 11 is 5.93. The summed E-state index contributed by atoms with van der Waals surface area (Å²) in [7, 11) is 0. The van der Waals surface area contributed by atoms with Crippen molar-refractivity contribution in [2.24, 2.45) is 0 Å². The third kappa shape index (κ3) is 2.92. The van der Waals surface area contributed by atoms with Crippen LogP contribution in [0.2, 0.25) is 0 Å². The van der Waals surface area contributed by atoms with E-state index in [0.29, 0.717) is 6.04 Å². The van der Waals surface area contributed by atoms with E-state index in [2.05, 4.69) is 48.4 Å². The van der Waals surface area contributed by atoms with Crippen LogP contribution in [0, 0.1) is 6.92 Å². The van der Waals surface area contributed by atoms with E-state index in [1.807, 2.05) is 22.7 Å². The first-order valence-electron chi connectivity index (χ1n) is 6.75. The molecule has 1 N–H and O–H groups in total. The number of fused-ring (bicyclic) bond motifs is 1. The van der Waals surface area contributed by atoms with Crippen molar-refractivity contribution >= 4 is 34.4 Å². The minimum atomic E-state index is 0.385. The van der Waals surface area contributed by atoms with E-state index in [4.69, 9.17) is 0 Å². The highest BCUT2D eigenvalue weighted by Crippen LogP contribution is 2.37. The average molecular weight is 310 g/mol. The van der Waals surface area contributed by atoms with Crippen molar-refractivity contribution in [3.63, 3.8) is 0 Å². The number of aryl methyl sites for hydroxylation is 2. The number of hydrogen-bond acceptors (Lipinski definition) is 4. The molecule has 0 fully saturated rings. The van der Waals surface area contributed by atoms with Gasteiger partial charge >= 0.3 is 0 Å². The fourth-order valence-corrected chi connectivity index (χ4v) is 5.72. The lowest BCUT2D eigenvalue weighted by molar-refractivity contribution is 0.641. The minimum Gasteiger partial charge on any atom is -0.306 e. The van der Waals surface area contributed by atoms with Gasteiger partial charge in [-0.2, -0.15) is 11.8 Å². The molecule has 102 valence electrons. The zero-order valence-electron chi connectivity index (χ0n) is 11.4. The van der Waals surface area contributed by atoms with Crippen molar-refractivity contribution in [3.05, 3.63) is 43.3 Å². The molecule has 0 amide bonds. The Morgan fingerprint density at radius 3 is 2.95 bits per heavy atom. The molecule has 0 spiro atoms. The van der Waals surface area contributed by atoms with Crippen molar-refractivity contribution in [2.75, 3.05) is 12.3 Å². The second-order valence-corrected chi connectivity index (χ2v) is 8.27. The van der Waals surface area contributed by atoms with Gasteiger partial charge in [0, 0.05) is 20.4 Å². The van der Waals surface area contributed by atoms with E-state index in [9.17, 15) is 0 Å². The van der Waals surface area contributed by atoms with E-state index in [-0.39, 0.29) is 0 Å². The van der Waals surface area contributed by atoms with Gasteiger partial charge in [0.15, 0.2) is 0 Å². The number of hydrogen-bond donors (Lipinski definition) is 1. The molecule has 0 saturated heterocycles. The molecule has 1 unspecified atom stereocenters. The van der Waals surface area contributed by atoms with E-state index >= 15 is 0 Å². The fourth-order valence-electron chi connectivity index (χ4n) is 2.51. The van der Waals surface area contributed by atoms with Gasteiger partial charge in [-0.05, 0) is 54.3 Å². The number of thiophene rings is 2. The zero-order valence-corrected chi connectivity index (χ0v) is 13.8. The summed E-state index contributed by atoms with van der Waals surface area (Å²) in [5, 5.41) is 5.95. The standard InChI is InChI=1S/C15H19NS3/c1-3-16-15(12-6-10(2)18-9-12)14-7-11-8-17-5-4-13(11)19-14/h6-7,9,15-16H,3-5,8H2,1-2H3. The van der Waals surface area contributed by atoms with Crippen LogP contribution >= 0.6 is 34.4 Å². The lowest BCUT2D eigenvalue weighted by atomic mass is 10.1. The molecule has 0 aliphatic carbocycles. The minimum absolute atomic E-state index is 0.385. The van der Waals surface area contributed by atoms with Gasteiger partial charge in [-0.25, -0.2) is 0 Å². The van der Waals surface area contributed by atoms with Crippen LogP contribution in [0.3, 0.4) is 0 Å². The van der Waals surface area contributed by atoms with Crippen LogP contribution in [0.1, 0.15) is 38.7 Å². The molecule has 4 heteroatoms. The van der Waals surface area contributed by atoms with E-state index < -0.39 is 0 Å². The number of nitrogens with one attached hydrogen (secondary N) is 1. The van der Waals surface area contributed by atoms with Crippen LogP contribution in [0.25, 0.3) is 0 Å². The zero-order chi connectivity index (χ0) is 13.2. The molecule has 3 rings (SSSR count). The molecule has 1 atom stereocenters. The molecular formula is C15H19NS3. The van der Waals surface area contributed by atoms with Crippen molar-refractivity contribution in [1.29, 1.82) is 0 Å². The van der Waals surface area contributed by atoms with Crippen molar-refractivity contribution in [3.8, 4) is 0 Å². The van der Waals surface area contributed by atoms with Gasteiger partial charge in [-0.3, -0.25) is 0 Å². The van der Waals surface area contributed by atoms with Crippen LogP contribution in [-0.4, -0.2) is 12.3 Å². The lowest BCUT2D eigenvalue weighted by Gasteiger charge is -2.15. The lowest BCUT2D eigenvalue weighted by Crippen LogP contribution is -2.20. The molecule has 0 bridgehead atoms. The predicted octanol–water partition coefficient (Wildman–Crippen LogP) is 4.61. The van der Waals surface area contributed by atoms with Gasteiger partial charge in [0.1, 0.15) is 0 Å². The molecule has 2 aromatic rings. The smallest absolute Gasteiger partial charge is 0.0679 e. The Balaban J connectivity index is 1.93. The highest BCUT2D eigenvalue weighted by Gasteiger charge is 2.20. The molecule has 1 aliphatic heterocycles. The molecule has 0 radical (unpaired) electrons. The van der Waals surface area contributed by atoms with E-state index in [0.717, 1.165) is 6.54 Å². The first-order chi connectivity index (χ1) is 9.28. The molecular weight excluding hydrogens is 290 g/mol. The van der Waals surface area contributed by atoms with Crippen LogP contribution < -0.4 is 5.32 Å². The summed E-state index contributed by atoms with van der Waals surface area (Å²) in [6.45, 7) is 5.39. The van der Waals surface area contributed by atoms with Crippen LogP contribution in [-0.2, 0) is 12.2 Å².